The number of rotatable bonds is 3. The quantitative estimate of drug-likeness (QED) is 0.652. The first-order valence-electron chi connectivity index (χ1n) is 5.12. The van der Waals surface area contributed by atoms with Crippen molar-refractivity contribution in [1.82, 2.24) is 9.97 Å². The molecular formula is C12H13N3S. The first-order valence-corrected chi connectivity index (χ1v) is 5.94. The number of aryl methyl sites for hydroxylation is 1. The number of nitrogens with zero attached hydrogens (tertiary/aromatic N) is 2. The van der Waals surface area contributed by atoms with Gasteiger partial charge in [-0.25, -0.2) is 9.97 Å². The molecule has 0 aliphatic carbocycles. The molecule has 3 nitrogen and oxygen atoms in total. The van der Waals surface area contributed by atoms with Gasteiger partial charge in [0.2, 0.25) is 0 Å². The summed E-state index contributed by atoms with van der Waals surface area (Å²) in [4.78, 5) is 9.53. The van der Waals surface area contributed by atoms with Gasteiger partial charge in [-0.1, -0.05) is 18.7 Å². The number of aromatic nitrogens is 2. The van der Waals surface area contributed by atoms with E-state index in [1.54, 1.807) is 18.1 Å². The summed E-state index contributed by atoms with van der Waals surface area (Å²) in [5, 5.41) is 0.969. The van der Waals surface area contributed by atoms with Gasteiger partial charge in [0, 0.05) is 16.3 Å². The highest BCUT2D eigenvalue weighted by atomic mass is 32.2. The summed E-state index contributed by atoms with van der Waals surface area (Å²) in [5.41, 5.74) is 7.47. The van der Waals surface area contributed by atoms with E-state index >= 15 is 0 Å². The van der Waals surface area contributed by atoms with Crippen LogP contribution in [0.3, 0.4) is 0 Å². The number of anilines is 1. The van der Waals surface area contributed by atoms with Crippen molar-refractivity contribution in [2.24, 2.45) is 0 Å². The minimum atomic E-state index is 0.779. The Kier molecular flexibility index (Phi) is 3.41. The third kappa shape index (κ3) is 2.73. The second kappa shape index (κ2) is 4.99. The Labute approximate surface area is 99.1 Å². The summed E-state index contributed by atoms with van der Waals surface area (Å²) in [6.45, 7) is 2.08. The fourth-order valence-electron chi connectivity index (χ4n) is 1.28. The Balaban J connectivity index is 2.16. The molecule has 0 unspecified atom stereocenters. The Morgan fingerprint density at radius 2 is 1.94 bits per heavy atom. The molecule has 2 N–H and O–H groups in total. The number of nitrogens with two attached hydrogens (primary N) is 1. The van der Waals surface area contributed by atoms with E-state index in [-0.39, 0.29) is 0 Å². The van der Waals surface area contributed by atoms with Crippen LogP contribution in [0.1, 0.15) is 12.6 Å². The minimum Gasteiger partial charge on any atom is -0.399 e. The zero-order chi connectivity index (χ0) is 11.4. The zero-order valence-corrected chi connectivity index (χ0v) is 9.87. The van der Waals surface area contributed by atoms with Crippen molar-refractivity contribution in [2.75, 3.05) is 5.73 Å². The molecule has 0 aliphatic heterocycles. The molecule has 1 aromatic carbocycles. The molecule has 0 bridgehead atoms. The highest BCUT2D eigenvalue weighted by Gasteiger charge is 2.00. The number of hydrogen-bond donors (Lipinski definition) is 1. The molecule has 0 amide bonds. The standard InChI is InChI=1S/C12H13N3S/c1-2-10-7-12(15-8-14-10)16-11-5-3-9(13)4-6-11/h3-8H,2,13H2,1H3. The normalized spacial score (nSPS) is 10.3. The fourth-order valence-corrected chi connectivity index (χ4v) is 2.09. The molecule has 2 aromatic rings. The third-order valence-electron chi connectivity index (χ3n) is 2.16. The van der Waals surface area contributed by atoms with Crippen molar-refractivity contribution in [3.05, 3.63) is 42.4 Å². The van der Waals surface area contributed by atoms with Crippen LogP contribution < -0.4 is 5.73 Å². The molecule has 0 fully saturated rings. The molecule has 2 rings (SSSR count). The van der Waals surface area contributed by atoms with E-state index in [4.69, 9.17) is 5.73 Å². The van der Waals surface area contributed by atoms with Gasteiger partial charge in [-0.15, -0.1) is 0 Å². The van der Waals surface area contributed by atoms with Crippen molar-refractivity contribution < 1.29 is 0 Å². The predicted molar refractivity (Wildman–Crippen MR) is 66.4 cm³/mol. The highest BCUT2D eigenvalue weighted by molar-refractivity contribution is 7.99. The lowest BCUT2D eigenvalue weighted by molar-refractivity contribution is 0.946. The van der Waals surface area contributed by atoms with E-state index in [1.807, 2.05) is 30.3 Å². The third-order valence-corrected chi connectivity index (χ3v) is 3.10. The lowest BCUT2D eigenvalue weighted by atomic mass is 10.3. The molecule has 1 heterocycles. The summed E-state index contributed by atoms with van der Waals surface area (Å²) >= 11 is 1.62. The molecule has 0 aliphatic rings. The van der Waals surface area contributed by atoms with Gasteiger partial charge in [0.05, 0.1) is 0 Å². The second-order valence-corrected chi connectivity index (χ2v) is 4.47. The second-order valence-electron chi connectivity index (χ2n) is 3.37. The van der Waals surface area contributed by atoms with Crippen molar-refractivity contribution >= 4 is 17.4 Å². The molecular weight excluding hydrogens is 218 g/mol. The summed E-state index contributed by atoms with van der Waals surface area (Å²) in [6, 6.07) is 9.79. The molecule has 0 atom stereocenters. The van der Waals surface area contributed by atoms with E-state index in [2.05, 4.69) is 16.9 Å². The van der Waals surface area contributed by atoms with Crippen molar-refractivity contribution in [2.45, 2.75) is 23.3 Å². The molecule has 1 aromatic heterocycles. The van der Waals surface area contributed by atoms with Gasteiger partial charge in [-0.05, 0) is 36.8 Å². The van der Waals surface area contributed by atoms with Gasteiger partial charge in [-0.3, -0.25) is 0 Å². The van der Waals surface area contributed by atoms with Crippen molar-refractivity contribution in [3.8, 4) is 0 Å². The average molecular weight is 231 g/mol. The van der Waals surface area contributed by atoms with E-state index in [0.29, 0.717) is 0 Å². The smallest absolute Gasteiger partial charge is 0.116 e. The molecule has 0 radical (unpaired) electrons. The Bertz CT molecular complexity index is 468. The van der Waals surface area contributed by atoms with Crippen LogP contribution in [0, 0.1) is 0 Å². The van der Waals surface area contributed by atoms with Gasteiger partial charge >= 0.3 is 0 Å². The molecule has 4 heteroatoms. The van der Waals surface area contributed by atoms with Crippen LogP contribution in [-0.4, -0.2) is 9.97 Å². The van der Waals surface area contributed by atoms with Crippen LogP contribution >= 0.6 is 11.8 Å². The zero-order valence-electron chi connectivity index (χ0n) is 9.05. The molecule has 0 saturated heterocycles. The minimum absolute atomic E-state index is 0.779. The van der Waals surface area contributed by atoms with E-state index < -0.39 is 0 Å². The van der Waals surface area contributed by atoms with Crippen LogP contribution in [0.4, 0.5) is 5.69 Å². The molecule has 16 heavy (non-hydrogen) atoms. The van der Waals surface area contributed by atoms with Crippen LogP contribution in [0.25, 0.3) is 0 Å². The maximum Gasteiger partial charge on any atom is 0.116 e. The largest absolute Gasteiger partial charge is 0.399 e. The Hall–Kier alpha value is -1.55. The van der Waals surface area contributed by atoms with Crippen LogP contribution in [0.5, 0.6) is 0 Å². The van der Waals surface area contributed by atoms with E-state index in [1.165, 1.54) is 0 Å². The number of nitrogen functional groups attached to an aromatic ring is 1. The van der Waals surface area contributed by atoms with Crippen LogP contribution in [-0.2, 0) is 6.42 Å². The Morgan fingerprint density at radius 3 is 2.62 bits per heavy atom. The fraction of sp³-hybridized carbons (Fsp3) is 0.167. The maximum atomic E-state index is 5.63. The van der Waals surface area contributed by atoms with Gasteiger partial charge in [-0.2, -0.15) is 0 Å². The first kappa shape index (κ1) is 11.0. The average Bonchev–Trinajstić information content (AvgIpc) is 2.32. The van der Waals surface area contributed by atoms with Gasteiger partial charge in [0.15, 0.2) is 0 Å². The summed E-state index contributed by atoms with van der Waals surface area (Å²) in [6.07, 6.45) is 2.54. The summed E-state index contributed by atoms with van der Waals surface area (Å²) in [5.74, 6) is 0. The lowest BCUT2D eigenvalue weighted by Crippen LogP contribution is -1.89. The highest BCUT2D eigenvalue weighted by Crippen LogP contribution is 2.26. The van der Waals surface area contributed by atoms with Gasteiger partial charge in [0.1, 0.15) is 11.4 Å². The molecule has 0 spiro atoms. The predicted octanol–water partition coefficient (Wildman–Crippen LogP) is 2.77. The van der Waals surface area contributed by atoms with Gasteiger partial charge in [0.25, 0.3) is 0 Å². The summed E-state index contributed by atoms with van der Waals surface area (Å²) in [7, 11) is 0. The van der Waals surface area contributed by atoms with Crippen LogP contribution in [0.15, 0.2) is 46.6 Å². The molecule has 82 valence electrons. The van der Waals surface area contributed by atoms with Crippen molar-refractivity contribution in [3.63, 3.8) is 0 Å². The van der Waals surface area contributed by atoms with Crippen LogP contribution in [0.2, 0.25) is 0 Å². The number of hydrogen-bond acceptors (Lipinski definition) is 4. The van der Waals surface area contributed by atoms with E-state index in [9.17, 15) is 0 Å². The lowest BCUT2D eigenvalue weighted by Gasteiger charge is -2.02. The van der Waals surface area contributed by atoms with Gasteiger partial charge < -0.3 is 5.73 Å². The summed E-state index contributed by atoms with van der Waals surface area (Å²) < 4.78 is 0. The topological polar surface area (TPSA) is 51.8 Å². The first-order chi connectivity index (χ1) is 7.78. The monoisotopic (exact) mass is 231 g/mol. The Morgan fingerprint density at radius 1 is 1.19 bits per heavy atom. The SMILES string of the molecule is CCc1cc(Sc2ccc(N)cc2)ncn1. The molecule has 0 saturated carbocycles. The van der Waals surface area contributed by atoms with Crippen molar-refractivity contribution in [1.29, 1.82) is 0 Å². The maximum absolute atomic E-state index is 5.63. The number of benzene rings is 1. The van der Waals surface area contributed by atoms with E-state index in [0.717, 1.165) is 27.7 Å².